The zero-order chi connectivity index (χ0) is 32.8. The molecule has 2 aromatic carbocycles. The molecule has 47 heavy (non-hydrogen) atoms. The fourth-order valence-electron chi connectivity index (χ4n) is 7.67. The first-order chi connectivity index (χ1) is 22.9. The highest BCUT2D eigenvalue weighted by atomic mass is 16.6. The van der Waals surface area contributed by atoms with Crippen LogP contribution in [-0.2, 0) is 23.9 Å². The Kier molecular flexibility index (Phi) is 10.3. The number of ether oxygens (including phenoxy) is 2. The number of hydrogen-bond donors (Lipinski definition) is 3. The number of carbonyl (C=O) groups excluding carboxylic acids is 4. The Morgan fingerprint density at radius 2 is 1.68 bits per heavy atom. The number of nitrogens with zero attached hydrogens (tertiary/aromatic N) is 1. The van der Waals surface area contributed by atoms with E-state index >= 15 is 0 Å². The van der Waals surface area contributed by atoms with Gasteiger partial charge in [-0.05, 0) is 67.2 Å². The number of aliphatic hydroxyl groups is 1. The number of nitrogens with one attached hydrogen (secondary N) is 2. The molecular weight excluding hydrogens is 598 g/mol. The minimum Gasteiger partial charge on any atom is -0.462 e. The van der Waals surface area contributed by atoms with Crippen molar-refractivity contribution in [1.82, 2.24) is 15.5 Å². The van der Waals surface area contributed by atoms with E-state index in [-0.39, 0.29) is 50.0 Å². The number of fused-ring (bicyclic) bond motifs is 3. The maximum atomic E-state index is 13.6. The van der Waals surface area contributed by atoms with E-state index in [1.165, 1.54) is 0 Å². The number of likely N-dealkylation sites (tertiary alicyclic amines) is 1. The first kappa shape index (κ1) is 32.7. The lowest BCUT2D eigenvalue weighted by Gasteiger charge is -2.32. The van der Waals surface area contributed by atoms with Crippen molar-refractivity contribution in [2.24, 2.45) is 5.92 Å². The third kappa shape index (κ3) is 7.38. The summed E-state index contributed by atoms with van der Waals surface area (Å²) in [5.74, 6) is -1.61. The summed E-state index contributed by atoms with van der Waals surface area (Å²) in [7, 11) is 0. The Bertz CT molecular complexity index is 1450. The molecule has 0 aromatic heterocycles. The first-order valence-electron chi connectivity index (χ1n) is 17.0. The van der Waals surface area contributed by atoms with Crippen molar-refractivity contribution in [3.05, 3.63) is 71.8 Å². The number of allylic oxidation sites excluding steroid dienone is 2. The Hall–Kier alpha value is -4.18. The van der Waals surface area contributed by atoms with Crippen LogP contribution >= 0.6 is 0 Å². The average Bonchev–Trinajstić information content (AvgIpc) is 3.83. The van der Waals surface area contributed by atoms with Gasteiger partial charge in [-0.15, -0.1) is 0 Å². The molecule has 250 valence electrons. The van der Waals surface area contributed by atoms with Gasteiger partial charge in [0.1, 0.15) is 19.3 Å². The molecule has 2 heterocycles. The lowest BCUT2D eigenvalue weighted by molar-refractivity contribution is -0.149. The van der Waals surface area contributed by atoms with Gasteiger partial charge in [0.05, 0.1) is 24.1 Å². The zero-order valence-corrected chi connectivity index (χ0v) is 26.8. The van der Waals surface area contributed by atoms with Crippen LogP contribution in [0.25, 0.3) is 11.1 Å². The highest BCUT2D eigenvalue weighted by Gasteiger charge is 2.40. The first-order valence-corrected chi connectivity index (χ1v) is 17.0. The molecule has 2 aromatic rings. The maximum absolute atomic E-state index is 13.6. The van der Waals surface area contributed by atoms with E-state index in [9.17, 15) is 24.3 Å². The van der Waals surface area contributed by atoms with Crippen molar-refractivity contribution in [2.45, 2.75) is 87.7 Å². The van der Waals surface area contributed by atoms with Crippen LogP contribution in [0.3, 0.4) is 0 Å². The van der Waals surface area contributed by atoms with Crippen LogP contribution in [0.5, 0.6) is 0 Å². The number of hydrogen-bond acceptors (Lipinski definition) is 7. The minimum absolute atomic E-state index is 0.00670. The van der Waals surface area contributed by atoms with Crippen LogP contribution in [0, 0.1) is 5.92 Å². The van der Waals surface area contributed by atoms with Gasteiger partial charge in [-0.1, -0.05) is 73.5 Å². The summed E-state index contributed by atoms with van der Waals surface area (Å²) >= 11 is 0. The normalized spacial score (nSPS) is 24.4. The van der Waals surface area contributed by atoms with Gasteiger partial charge in [0.2, 0.25) is 11.8 Å². The maximum Gasteiger partial charge on any atom is 0.407 e. The highest BCUT2D eigenvalue weighted by Crippen LogP contribution is 2.44. The summed E-state index contributed by atoms with van der Waals surface area (Å²) in [4.78, 5) is 55.0. The summed E-state index contributed by atoms with van der Waals surface area (Å²) in [6.45, 7) is 0.634. The molecule has 2 aliphatic heterocycles. The summed E-state index contributed by atoms with van der Waals surface area (Å²) in [6, 6.07) is 15.1. The molecule has 3 atom stereocenters. The quantitative estimate of drug-likeness (QED) is 0.310. The summed E-state index contributed by atoms with van der Waals surface area (Å²) in [5, 5.41) is 15.6. The van der Waals surface area contributed by atoms with Gasteiger partial charge in [-0.25, -0.2) is 9.59 Å². The molecule has 6 rings (SSSR count). The number of alkyl carbamates (subject to hydrolysis) is 1. The smallest absolute Gasteiger partial charge is 0.407 e. The molecule has 2 aliphatic carbocycles. The van der Waals surface area contributed by atoms with Crippen molar-refractivity contribution in [2.75, 3.05) is 26.4 Å². The van der Waals surface area contributed by atoms with Crippen molar-refractivity contribution in [3.8, 4) is 11.1 Å². The van der Waals surface area contributed by atoms with E-state index in [0.29, 0.717) is 38.6 Å². The molecule has 2 fully saturated rings. The Labute approximate surface area is 275 Å². The van der Waals surface area contributed by atoms with E-state index in [1.54, 1.807) is 4.90 Å². The monoisotopic (exact) mass is 643 g/mol. The summed E-state index contributed by atoms with van der Waals surface area (Å²) < 4.78 is 11.5. The van der Waals surface area contributed by atoms with E-state index in [4.69, 9.17) is 9.47 Å². The molecular formula is C37H45N3O7. The molecule has 1 saturated heterocycles. The molecule has 10 heteroatoms. The van der Waals surface area contributed by atoms with Gasteiger partial charge in [-0.3, -0.25) is 9.59 Å². The standard InChI is InChI=1S/C37H45N3O7/c41-22-26-12-10-20-40(26)33(42)21-25-11-2-1-3-17-32(35(44)47-24-37(39-34(25)43)18-8-9-19-37)38-36(45)46-23-31-29-15-6-4-13-27(29)28-14-5-7-16-30(28)31/h1-2,4-7,13-16,25-26,31-32,41H,3,8-12,17-24H2,(H,38,45)(H,39,43)/t25-,26+,32+/m1/s1. The molecule has 3 N–H and O–H groups in total. The zero-order valence-electron chi connectivity index (χ0n) is 26.8. The van der Waals surface area contributed by atoms with Crippen LogP contribution in [0.4, 0.5) is 4.79 Å². The Balaban J connectivity index is 1.11. The molecule has 1 spiro atoms. The molecule has 1 saturated carbocycles. The van der Waals surface area contributed by atoms with Crippen molar-refractivity contribution < 1.29 is 33.8 Å². The number of cyclic esters (lactones) is 1. The number of esters is 1. The summed E-state index contributed by atoms with van der Waals surface area (Å²) in [6.07, 6.45) is 8.91. The van der Waals surface area contributed by atoms with Crippen LogP contribution in [0.1, 0.15) is 81.3 Å². The van der Waals surface area contributed by atoms with Gasteiger partial charge >= 0.3 is 12.1 Å². The van der Waals surface area contributed by atoms with Gasteiger partial charge in [-0.2, -0.15) is 0 Å². The fraction of sp³-hybridized carbons (Fsp3) is 0.514. The minimum atomic E-state index is -0.923. The predicted octanol–water partition coefficient (Wildman–Crippen LogP) is 4.60. The average molecular weight is 644 g/mol. The number of benzene rings is 2. The van der Waals surface area contributed by atoms with Crippen molar-refractivity contribution in [1.29, 1.82) is 0 Å². The second-order valence-corrected chi connectivity index (χ2v) is 13.4. The van der Waals surface area contributed by atoms with Crippen molar-refractivity contribution in [3.63, 3.8) is 0 Å². The number of aliphatic hydroxyl groups excluding tert-OH is 1. The van der Waals surface area contributed by atoms with Gasteiger partial charge in [0, 0.05) is 18.9 Å². The topological polar surface area (TPSA) is 134 Å². The van der Waals surface area contributed by atoms with E-state index < -0.39 is 29.6 Å². The number of rotatable bonds is 6. The van der Waals surface area contributed by atoms with E-state index in [1.807, 2.05) is 36.4 Å². The molecule has 3 amide bonds. The van der Waals surface area contributed by atoms with E-state index in [2.05, 4.69) is 34.9 Å². The van der Waals surface area contributed by atoms with Crippen LogP contribution in [0.2, 0.25) is 0 Å². The van der Waals surface area contributed by atoms with Crippen LogP contribution in [-0.4, -0.2) is 77.9 Å². The summed E-state index contributed by atoms with van der Waals surface area (Å²) in [5.41, 5.74) is 3.75. The highest BCUT2D eigenvalue weighted by molar-refractivity contribution is 5.87. The molecule has 4 aliphatic rings. The molecule has 0 unspecified atom stereocenters. The molecule has 0 bridgehead atoms. The van der Waals surface area contributed by atoms with Gasteiger partial charge in [0.15, 0.2) is 0 Å². The lowest BCUT2D eigenvalue weighted by Crippen LogP contribution is -2.53. The van der Waals surface area contributed by atoms with Crippen LogP contribution in [0.15, 0.2) is 60.7 Å². The molecule has 0 radical (unpaired) electrons. The third-order valence-corrected chi connectivity index (χ3v) is 10.3. The number of amides is 3. The third-order valence-electron chi connectivity index (χ3n) is 10.3. The second kappa shape index (κ2) is 14.7. The van der Waals surface area contributed by atoms with Gasteiger partial charge < -0.3 is 30.1 Å². The largest absolute Gasteiger partial charge is 0.462 e. The SMILES string of the molecule is O=C(N[C@H]1CCC=CC[C@H](CC(=O)N2CCC[C@H]2CO)C(=O)NC2(CCCC2)COC1=O)OCC1c2ccccc2-c2ccccc21. The Morgan fingerprint density at radius 3 is 2.38 bits per heavy atom. The Morgan fingerprint density at radius 1 is 0.979 bits per heavy atom. The lowest BCUT2D eigenvalue weighted by atomic mass is 9.94. The van der Waals surface area contributed by atoms with E-state index in [0.717, 1.165) is 47.9 Å². The van der Waals surface area contributed by atoms with Crippen LogP contribution < -0.4 is 10.6 Å². The second-order valence-electron chi connectivity index (χ2n) is 13.4. The van der Waals surface area contributed by atoms with Crippen molar-refractivity contribution >= 4 is 23.9 Å². The van der Waals surface area contributed by atoms with Gasteiger partial charge in [0.25, 0.3) is 0 Å². The fourth-order valence-corrected chi connectivity index (χ4v) is 7.67. The molecule has 10 nitrogen and oxygen atoms in total. The predicted molar refractivity (Wildman–Crippen MR) is 175 cm³/mol. The number of carbonyl (C=O) groups is 4.